The van der Waals surface area contributed by atoms with Gasteiger partial charge in [0.05, 0.1) is 0 Å². The zero-order valence-corrected chi connectivity index (χ0v) is 22.3. The number of fused-ring (bicyclic) bond motifs is 5. The molecular formula is C29H47NO5. The van der Waals surface area contributed by atoms with Crippen LogP contribution in [0.25, 0.3) is 0 Å². The summed E-state index contributed by atoms with van der Waals surface area (Å²) in [5.41, 5.74) is -0.659. The van der Waals surface area contributed by atoms with Crippen molar-refractivity contribution in [3.63, 3.8) is 0 Å². The standard InChI is InChI=1S/C24H34O4.C5H13NO/c1-14(5-4-10-25)17-8-9-19-22-16(11-21(28)24(17,19)3)18-7-6-15(26)12-23(18,2)13-20(22)27;1-6-4-2-3-5-7/h10,14,16-19,22H,4-9,11-13H2,1-3H3;6-7H,2-5H2,1H3. The van der Waals surface area contributed by atoms with Gasteiger partial charge in [0.15, 0.2) is 0 Å². The molecule has 35 heavy (non-hydrogen) atoms. The first-order valence-corrected chi connectivity index (χ1v) is 13.9. The SMILES string of the molecule is CC(CCC=O)C1CCC2C3C(=O)CC4(C)CC(=O)CCC4C3CC(=O)C12C.CNCCCCO. The number of carbonyl (C=O) groups excluding carboxylic acids is 4. The van der Waals surface area contributed by atoms with Crippen molar-refractivity contribution < 1.29 is 24.3 Å². The Morgan fingerprint density at radius 3 is 2.49 bits per heavy atom. The van der Waals surface area contributed by atoms with Crippen LogP contribution in [-0.4, -0.2) is 48.9 Å². The average molecular weight is 490 g/mol. The molecule has 4 fully saturated rings. The number of hydrogen-bond donors (Lipinski definition) is 2. The number of unbranched alkanes of at least 4 members (excludes halogenated alkanes) is 1. The molecule has 0 aliphatic heterocycles. The van der Waals surface area contributed by atoms with E-state index in [-0.39, 0.29) is 34.9 Å². The van der Waals surface area contributed by atoms with Crippen molar-refractivity contribution in [1.29, 1.82) is 0 Å². The van der Waals surface area contributed by atoms with E-state index >= 15 is 0 Å². The van der Waals surface area contributed by atoms with E-state index in [1.807, 2.05) is 7.05 Å². The molecule has 0 aromatic rings. The number of carbonyl (C=O) groups is 4. The molecule has 0 aromatic heterocycles. The van der Waals surface area contributed by atoms with Gasteiger partial charge < -0.3 is 15.2 Å². The Labute approximate surface area is 211 Å². The normalized spacial score (nSPS) is 39.1. The topological polar surface area (TPSA) is 101 Å². The van der Waals surface area contributed by atoms with Crippen molar-refractivity contribution in [2.45, 2.75) is 91.4 Å². The number of hydrogen-bond acceptors (Lipinski definition) is 6. The molecule has 0 amide bonds. The van der Waals surface area contributed by atoms with Gasteiger partial charge in [-0.1, -0.05) is 20.8 Å². The Hall–Kier alpha value is -1.40. The van der Waals surface area contributed by atoms with E-state index < -0.39 is 5.41 Å². The number of aldehydes is 1. The largest absolute Gasteiger partial charge is 0.396 e. The summed E-state index contributed by atoms with van der Waals surface area (Å²) in [4.78, 5) is 49.8. The zero-order chi connectivity index (χ0) is 25.8. The summed E-state index contributed by atoms with van der Waals surface area (Å²) in [5.74, 6) is 2.14. The van der Waals surface area contributed by atoms with Crippen LogP contribution in [0.15, 0.2) is 0 Å². The van der Waals surface area contributed by atoms with Gasteiger partial charge in [-0.05, 0) is 87.1 Å². The molecule has 6 nitrogen and oxygen atoms in total. The lowest BCUT2D eigenvalue weighted by Gasteiger charge is -2.57. The van der Waals surface area contributed by atoms with Crippen LogP contribution in [0.5, 0.6) is 0 Å². The Balaban J connectivity index is 0.000000429. The highest BCUT2D eigenvalue weighted by Gasteiger charge is 2.65. The minimum atomic E-state index is -0.419. The molecule has 0 radical (unpaired) electrons. The minimum absolute atomic E-state index is 0.00255. The minimum Gasteiger partial charge on any atom is -0.396 e. The first-order valence-electron chi connectivity index (χ1n) is 13.9. The number of rotatable bonds is 8. The van der Waals surface area contributed by atoms with Crippen molar-refractivity contribution in [1.82, 2.24) is 5.32 Å². The number of aliphatic hydroxyl groups excluding tert-OH is 1. The predicted molar refractivity (Wildman–Crippen MR) is 136 cm³/mol. The summed E-state index contributed by atoms with van der Waals surface area (Å²) < 4.78 is 0. The van der Waals surface area contributed by atoms with Crippen molar-refractivity contribution >= 4 is 23.6 Å². The molecule has 0 spiro atoms. The first-order chi connectivity index (χ1) is 16.6. The van der Waals surface area contributed by atoms with E-state index in [2.05, 4.69) is 26.1 Å². The second-order valence-corrected chi connectivity index (χ2v) is 12.3. The molecule has 4 saturated carbocycles. The van der Waals surface area contributed by atoms with Gasteiger partial charge in [0, 0.05) is 50.0 Å². The lowest BCUT2D eigenvalue weighted by Crippen LogP contribution is -2.59. The average Bonchev–Trinajstić information content (AvgIpc) is 3.16. The third-order valence-electron chi connectivity index (χ3n) is 10.2. The van der Waals surface area contributed by atoms with Crippen LogP contribution in [0.4, 0.5) is 0 Å². The molecule has 4 aliphatic carbocycles. The van der Waals surface area contributed by atoms with Gasteiger partial charge in [0.2, 0.25) is 0 Å². The third-order valence-corrected chi connectivity index (χ3v) is 10.2. The van der Waals surface area contributed by atoms with E-state index in [1.165, 1.54) is 0 Å². The monoisotopic (exact) mass is 489 g/mol. The van der Waals surface area contributed by atoms with Crippen molar-refractivity contribution in [3.05, 3.63) is 0 Å². The third kappa shape index (κ3) is 5.49. The lowest BCUT2D eigenvalue weighted by atomic mass is 9.45. The molecule has 6 heteroatoms. The van der Waals surface area contributed by atoms with E-state index in [0.717, 1.165) is 51.4 Å². The maximum atomic E-state index is 13.5. The molecule has 2 N–H and O–H groups in total. The number of Topliss-reactive ketones (excluding diaryl/α,β-unsaturated/α-hetero) is 3. The Kier molecular flexibility index (Phi) is 9.47. The smallest absolute Gasteiger partial charge is 0.139 e. The van der Waals surface area contributed by atoms with E-state index in [4.69, 9.17) is 5.11 Å². The number of aliphatic hydroxyl groups is 1. The van der Waals surface area contributed by atoms with Crippen LogP contribution in [0, 0.1) is 46.3 Å². The van der Waals surface area contributed by atoms with Gasteiger partial charge in [-0.3, -0.25) is 14.4 Å². The van der Waals surface area contributed by atoms with E-state index in [0.29, 0.717) is 62.1 Å². The second-order valence-electron chi connectivity index (χ2n) is 12.3. The highest BCUT2D eigenvalue weighted by atomic mass is 16.3. The molecule has 4 aliphatic rings. The molecular weight excluding hydrogens is 442 g/mol. The van der Waals surface area contributed by atoms with Gasteiger partial charge in [-0.2, -0.15) is 0 Å². The highest BCUT2D eigenvalue weighted by molar-refractivity contribution is 5.93. The number of ketones is 3. The van der Waals surface area contributed by atoms with E-state index in [1.54, 1.807) is 0 Å². The summed E-state index contributed by atoms with van der Waals surface area (Å²) in [5, 5.41) is 11.3. The van der Waals surface area contributed by atoms with Crippen LogP contribution in [0.2, 0.25) is 0 Å². The highest BCUT2D eigenvalue weighted by Crippen LogP contribution is 2.65. The summed E-state index contributed by atoms with van der Waals surface area (Å²) >= 11 is 0. The van der Waals surface area contributed by atoms with Crippen LogP contribution < -0.4 is 5.32 Å². The van der Waals surface area contributed by atoms with Crippen LogP contribution in [0.3, 0.4) is 0 Å². The van der Waals surface area contributed by atoms with Gasteiger partial charge >= 0.3 is 0 Å². The summed E-state index contributed by atoms with van der Waals surface area (Å²) in [7, 11) is 1.91. The first kappa shape index (κ1) is 28.2. The Morgan fingerprint density at radius 1 is 1.09 bits per heavy atom. The van der Waals surface area contributed by atoms with Gasteiger partial charge in [0.25, 0.3) is 0 Å². The predicted octanol–water partition coefficient (Wildman–Crippen LogP) is 4.17. The van der Waals surface area contributed by atoms with Gasteiger partial charge in [-0.25, -0.2) is 0 Å². The molecule has 8 unspecified atom stereocenters. The van der Waals surface area contributed by atoms with Crippen LogP contribution in [-0.2, 0) is 19.2 Å². The van der Waals surface area contributed by atoms with Crippen molar-refractivity contribution in [2.24, 2.45) is 46.3 Å². The fourth-order valence-corrected chi connectivity index (χ4v) is 8.51. The summed E-state index contributed by atoms with van der Waals surface area (Å²) in [6.07, 6.45) is 9.27. The Morgan fingerprint density at radius 2 is 1.83 bits per heavy atom. The fraction of sp³-hybridized carbons (Fsp3) is 0.862. The maximum Gasteiger partial charge on any atom is 0.139 e. The van der Waals surface area contributed by atoms with Crippen LogP contribution >= 0.6 is 0 Å². The van der Waals surface area contributed by atoms with Gasteiger partial charge in [-0.15, -0.1) is 0 Å². The number of nitrogens with one attached hydrogen (secondary N) is 1. The van der Waals surface area contributed by atoms with Crippen molar-refractivity contribution in [3.8, 4) is 0 Å². The molecule has 4 rings (SSSR count). The molecule has 0 bridgehead atoms. The zero-order valence-electron chi connectivity index (χ0n) is 22.3. The fourth-order valence-electron chi connectivity index (χ4n) is 8.51. The lowest BCUT2D eigenvalue weighted by molar-refractivity contribution is -0.163. The summed E-state index contributed by atoms with van der Waals surface area (Å²) in [6, 6.07) is 0. The maximum absolute atomic E-state index is 13.5. The quantitative estimate of drug-likeness (QED) is 0.392. The molecule has 8 atom stereocenters. The molecule has 0 aromatic carbocycles. The molecule has 0 heterocycles. The molecule has 198 valence electrons. The van der Waals surface area contributed by atoms with E-state index in [9.17, 15) is 19.2 Å². The molecule has 0 saturated heterocycles. The van der Waals surface area contributed by atoms with Gasteiger partial charge in [0.1, 0.15) is 23.6 Å². The second kappa shape index (κ2) is 11.8. The van der Waals surface area contributed by atoms with Crippen LogP contribution in [0.1, 0.15) is 91.4 Å². The summed E-state index contributed by atoms with van der Waals surface area (Å²) in [6.45, 7) is 7.74. The Bertz CT molecular complexity index is 792. The van der Waals surface area contributed by atoms with Crippen molar-refractivity contribution in [2.75, 3.05) is 20.2 Å².